The molecule has 1 aromatic heterocycles. The molecule has 242 valence electrons. The van der Waals surface area contributed by atoms with Crippen LogP contribution in [0.4, 0.5) is 10.5 Å². The van der Waals surface area contributed by atoms with Gasteiger partial charge in [0.1, 0.15) is 17.9 Å². The summed E-state index contributed by atoms with van der Waals surface area (Å²) < 4.78 is 6.21. The van der Waals surface area contributed by atoms with E-state index in [4.69, 9.17) is 16.3 Å². The molecule has 6 rings (SSSR count). The molecule has 3 amide bonds. The lowest BCUT2D eigenvalue weighted by atomic mass is 9.88. The number of halogens is 1. The lowest BCUT2D eigenvalue weighted by Gasteiger charge is -2.39. The van der Waals surface area contributed by atoms with E-state index in [-0.39, 0.29) is 29.9 Å². The second-order valence-corrected chi connectivity index (χ2v) is 13.6. The summed E-state index contributed by atoms with van der Waals surface area (Å²) in [5.41, 5.74) is 5.11. The van der Waals surface area contributed by atoms with Crippen molar-refractivity contribution in [2.45, 2.75) is 51.2 Å². The molecule has 1 saturated heterocycles. The van der Waals surface area contributed by atoms with Crippen LogP contribution in [-0.2, 0) is 11.2 Å². The number of nitrogens with one attached hydrogen (secondary N) is 2. The number of fused-ring (bicyclic) bond motifs is 2. The van der Waals surface area contributed by atoms with Crippen molar-refractivity contribution >= 4 is 40.1 Å². The van der Waals surface area contributed by atoms with Gasteiger partial charge in [-0.1, -0.05) is 54.4 Å². The highest BCUT2D eigenvalue weighted by molar-refractivity contribution is 6.30. The SMILES string of the molecule is Cc1ccc(OC2CCN(C(=O)NC(C(=O)N3C[C@@H](CN(C)C)Cc4cc(Cl)ccc43)C(C)c3c[nH]c4ccccc34)CC2)cc1. The number of hydrogen-bond donors (Lipinski definition) is 2. The molecule has 8 nitrogen and oxygen atoms in total. The Labute approximate surface area is 276 Å². The van der Waals surface area contributed by atoms with Gasteiger partial charge in [0, 0.05) is 72.7 Å². The van der Waals surface area contributed by atoms with Crippen LogP contribution in [0.2, 0.25) is 5.02 Å². The fraction of sp³-hybridized carbons (Fsp3) is 0.405. The van der Waals surface area contributed by atoms with Crippen LogP contribution in [0.15, 0.2) is 72.9 Å². The molecule has 0 aliphatic carbocycles. The van der Waals surface area contributed by atoms with Gasteiger partial charge in [-0.05, 0) is 80.9 Å². The Morgan fingerprint density at radius 2 is 1.80 bits per heavy atom. The monoisotopic (exact) mass is 641 g/mol. The fourth-order valence-electron chi connectivity index (χ4n) is 6.99. The van der Waals surface area contributed by atoms with Crippen molar-refractivity contribution in [1.29, 1.82) is 0 Å². The average Bonchev–Trinajstić information content (AvgIpc) is 3.48. The first-order chi connectivity index (χ1) is 22.2. The third-order valence-corrected chi connectivity index (χ3v) is 9.62. The molecule has 46 heavy (non-hydrogen) atoms. The second kappa shape index (κ2) is 13.8. The molecular weight excluding hydrogens is 598 g/mol. The molecule has 0 spiro atoms. The number of para-hydroxylation sites is 1. The van der Waals surface area contributed by atoms with E-state index >= 15 is 0 Å². The Balaban J connectivity index is 1.24. The molecule has 0 saturated carbocycles. The molecule has 2 unspecified atom stereocenters. The largest absolute Gasteiger partial charge is 0.490 e. The predicted molar refractivity (Wildman–Crippen MR) is 185 cm³/mol. The lowest BCUT2D eigenvalue weighted by molar-refractivity contribution is -0.121. The summed E-state index contributed by atoms with van der Waals surface area (Å²) in [5.74, 6) is 0.676. The number of amides is 3. The Morgan fingerprint density at radius 1 is 1.07 bits per heavy atom. The van der Waals surface area contributed by atoms with Crippen molar-refractivity contribution in [2.24, 2.45) is 5.92 Å². The second-order valence-electron chi connectivity index (χ2n) is 13.2. The zero-order chi connectivity index (χ0) is 32.4. The molecule has 1 fully saturated rings. The Hall–Kier alpha value is -4.01. The highest BCUT2D eigenvalue weighted by Gasteiger charge is 2.38. The summed E-state index contributed by atoms with van der Waals surface area (Å²) in [7, 11) is 4.10. The van der Waals surface area contributed by atoms with E-state index in [1.165, 1.54) is 5.56 Å². The smallest absolute Gasteiger partial charge is 0.318 e. The number of rotatable bonds is 8. The number of ether oxygens (including phenoxy) is 1. The number of urea groups is 1. The molecule has 2 aliphatic rings. The van der Waals surface area contributed by atoms with Gasteiger partial charge in [-0.3, -0.25) is 4.79 Å². The van der Waals surface area contributed by atoms with E-state index < -0.39 is 6.04 Å². The number of piperidine rings is 1. The number of aromatic amines is 1. The van der Waals surface area contributed by atoms with Crippen LogP contribution >= 0.6 is 11.6 Å². The lowest BCUT2D eigenvalue weighted by Crippen LogP contribution is -2.57. The molecule has 3 aromatic carbocycles. The van der Waals surface area contributed by atoms with Gasteiger partial charge >= 0.3 is 6.03 Å². The fourth-order valence-corrected chi connectivity index (χ4v) is 7.18. The van der Waals surface area contributed by atoms with Gasteiger partial charge in [0.15, 0.2) is 0 Å². The van der Waals surface area contributed by atoms with Crippen molar-refractivity contribution in [3.05, 3.63) is 94.6 Å². The third kappa shape index (κ3) is 7.03. The molecule has 0 radical (unpaired) electrons. The van der Waals surface area contributed by atoms with Crippen molar-refractivity contribution in [1.82, 2.24) is 20.1 Å². The van der Waals surface area contributed by atoms with E-state index in [1.807, 2.05) is 83.6 Å². The number of likely N-dealkylation sites (tertiary alicyclic amines) is 1. The van der Waals surface area contributed by atoms with Gasteiger partial charge in [-0.25, -0.2) is 4.79 Å². The highest BCUT2D eigenvalue weighted by atomic mass is 35.5. The number of carbonyl (C=O) groups excluding carboxylic acids is 2. The molecule has 2 aliphatic heterocycles. The normalized spacial score (nSPS) is 18.3. The standard InChI is InChI=1S/C37H44ClN5O3/c1-24-9-12-29(13-10-24)46-30-15-17-42(18-16-30)37(45)40-35(25(2)32-21-39-33-8-6-5-7-31(32)33)36(44)43-23-26(22-41(3)4)19-27-20-28(38)11-14-34(27)43/h5-14,20-21,25-26,30,35,39H,15-19,22-23H2,1-4H3,(H,40,45)/t25?,26-,35?/m1/s1. The minimum Gasteiger partial charge on any atom is -0.490 e. The van der Waals surface area contributed by atoms with Crippen molar-refractivity contribution in [3.63, 3.8) is 0 Å². The van der Waals surface area contributed by atoms with Gasteiger partial charge in [0.2, 0.25) is 5.91 Å². The molecule has 4 aromatic rings. The molecule has 0 bridgehead atoms. The van der Waals surface area contributed by atoms with Crippen LogP contribution in [0, 0.1) is 12.8 Å². The summed E-state index contributed by atoms with van der Waals surface area (Å²) in [6.07, 6.45) is 4.30. The number of hydrogen-bond acceptors (Lipinski definition) is 4. The van der Waals surface area contributed by atoms with Gasteiger partial charge in [0.05, 0.1) is 0 Å². The van der Waals surface area contributed by atoms with Crippen LogP contribution in [0.5, 0.6) is 5.75 Å². The minimum atomic E-state index is -0.783. The van der Waals surface area contributed by atoms with Gasteiger partial charge in [0.25, 0.3) is 0 Å². The highest BCUT2D eigenvalue weighted by Crippen LogP contribution is 2.35. The number of nitrogens with zero attached hydrogens (tertiary/aromatic N) is 3. The van der Waals surface area contributed by atoms with Gasteiger partial charge in [-0.15, -0.1) is 0 Å². The number of benzene rings is 3. The van der Waals surface area contributed by atoms with E-state index in [9.17, 15) is 9.59 Å². The topological polar surface area (TPSA) is 80.9 Å². The van der Waals surface area contributed by atoms with Crippen molar-refractivity contribution in [2.75, 3.05) is 45.2 Å². The predicted octanol–water partition coefficient (Wildman–Crippen LogP) is 6.62. The molecule has 3 heterocycles. The van der Waals surface area contributed by atoms with Crippen LogP contribution in [0.3, 0.4) is 0 Å². The van der Waals surface area contributed by atoms with E-state index in [0.717, 1.165) is 59.3 Å². The maximum atomic E-state index is 14.8. The van der Waals surface area contributed by atoms with Gasteiger partial charge in [-0.2, -0.15) is 0 Å². The first-order valence-electron chi connectivity index (χ1n) is 16.3. The van der Waals surface area contributed by atoms with Crippen LogP contribution in [0.1, 0.15) is 42.4 Å². The Bertz CT molecular complexity index is 1680. The third-order valence-electron chi connectivity index (χ3n) is 9.38. The van der Waals surface area contributed by atoms with Crippen LogP contribution in [0.25, 0.3) is 10.9 Å². The van der Waals surface area contributed by atoms with E-state index in [2.05, 4.69) is 42.3 Å². The first kappa shape index (κ1) is 32.0. The Morgan fingerprint density at radius 3 is 2.54 bits per heavy atom. The van der Waals surface area contributed by atoms with Crippen molar-refractivity contribution in [3.8, 4) is 5.75 Å². The van der Waals surface area contributed by atoms with E-state index in [0.29, 0.717) is 24.7 Å². The Kier molecular flexibility index (Phi) is 9.57. The number of anilines is 1. The molecule has 2 N–H and O–H groups in total. The van der Waals surface area contributed by atoms with E-state index in [1.54, 1.807) is 0 Å². The minimum absolute atomic E-state index is 0.0413. The summed E-state index contributed by atoms with van der Waals surface area (Å²) in [5, 5.41) is 4.91. The molecule has 3 atom stereocenters. The average molecular weight is 642 g/mol. The summed E-state index contributed by atoms with van der Waals surface area (Å²) in [6.45, 7) is 6.61. The van der Waals surface area contributed by atoms with Crippen molar-refractivity contribution < 1.29 is 14.3 Å². The van der Waals surface area contributed by atoms with Gasteiger partial charge < -0.3 is 29.7 Å². The molecular formula is C37H44ClN5O3. The van der Waals surface area contributed by atoms with Crippen LogP contribution in [-0.4, -0.2) is 79.1 Å². The number of carbonyl (C=O) groups is 2. The summed E-state index contributed by atoms with van der Waals surface area (Å²) in [4.78, 5) is 37.9. The number of H-pyrrole nitrogens is 1. The number of aromatic nitrogens is 1. The summed E-state index contributed by atoms with van der Waals surface area (Å²) in [6, 6.07) is 20.9. The van der Waals surface area contributed by atoms with Crippen LogP contribution < -0.4 is 15.0 Å². The first-order valence-corrected chi connectivity index (χ1v) is 16.6. The molecule has 9 heteroatoms. The zero-order valence-electron chi connectivity index (χ0n) is 27.1. The maximum absolute atomic E-state index is 14.8. The zero-order valence-corrected chi connectivity index (χ0v) is 27.9. The summed E-state index contributed by atoms with van der Waals surface area (Å²) >= 11 is 6.42. The quantitative estimate of drug-likeness (QED) is 0.227. The maximum Gasteiger partial charge on any atom is 0.318 e. The number of aryl methyl sites for hydroxylation is 1.